The fourth-order valence-electron chi connectivity index (χ4n) is 1.23. The van der Waals surface area contributed by atoms with Crippen LogP contribution >= 0.6 is 0 Å². The number of pyridine rings is 1. The minimum atomic E-state index is -0.157. The Hall–Kier alpha value is -2.44. The van der Waals surface area contributed by atoms with Gasteiger partial charge in [-0.05, 0) is 6.07 Å². The van der Waals surface area contributed by atoms with Crippen molar-refractivity contribution in [1.82, 2.24) is 19.5 Å². The smallest absolute Gasteiger partial charge is 0.250 e. The summed E-state index contributed by atoms with van der Waals surface area (Å²) in [5.41, 5.74) is 11.3. The van der Waals surface area contributed by atoms with Gasteiger partial charge in [-0.15, -0.1) is 0 Å². The average Bonchev–Trinajstić information content (AvgIpc) is 2.20. The third-order valence-corrected chi connectivity index (χ3v) is 2.03. The van der Waals surface area contributed by atoms with Gasteiger partial charge in [0.1, 0.15) is 0 Å². The van der Waals surface area contributed by atoms with Gasteiger partial charge in [-0.25, -0.2) is 0 Å². The molecule has 4 N–H and O–H groups in total. The Balaban J connectivity index is 2.58. The van der Waals surface area contributed by atoms with Gasteiger partial charge >= 0.3 is 0 Å². The second-order valence-electron chi connectivity index (χ2n) is 3.24. The minimum absolute atomic E-state index is 0.0307. The molecule has 0 saturated heterocycles. The topological polar surface area (TPSA) is 113 Å². The zero-order valence-corrected chi connectivity index (χ0v) is 8.58. The Labute approximate surface area is 90.8 Å². The van der Waals surface area contributed by atoms with Gasteiger partial charge in [0.25, 0.3) is 5.56 Å². The normalized spacial score (nSPS) is 10.3. The third kappa shape index (κ3) is 1.83. The fraction of sp³-hybridized carbons (Fsp3) is 0.111. The van der Waals surface area contributed by atoms with Gasteiger partial charge in [-0.2, -0.15) is 15.0 Å². The van der Waals surface area contributed by atoms with Crippen molar-refractivity contribution in [2.45, 2.75) is 0 Å². The highest BCUT2D eigenvalue weighted by Crippen LogP contribution is 2.13. The molecule has 0 aliphatic heterocycles. The minimum Gasteiger partial charge on any atom is -0.368 e. The maximum absolute atomic E-state index is 11.4. The van der Waals surface area contributed by atoms with Crippen LogP contribution in [0.2, 0.25) is 0 Å². The quantitative estimate of drug-likeness (QED) is 0.661. The van der Waals surface area contributed by atoms with Crippen LogP contribution in [0, 0.1) is 0 Å². The van der Waals surface area contributed by atoms with Crippen LogP contribution in [0.25, 0.3) is 11.4 Å². The van der Waals surface area contributed by atoms with E-state index < -0.39 is 0 Å². The van der Waals surface area contributed by atoms with Crippen LogP contribution in [-0.4, -0.2) is 19.5 Å². The molecule has 2 aromatic rings. The van der Waals surface area contributed by atoms with Gasteiger partial charge in [-0.1, -0.05) is 0 Å². The molecular weight excluding hydrogens is 208 g/mol. The Bertz CT molecular complexity index is 571. The monoisotopic (exact) mass is 218 g/mol. The Morgan fingerprint density at radius 2 is 1.81 bits per heavy atom. The van der Waals surface area contributed by atoms with Crippen molar-refractivity contribution in [2.75, 3.05) is 11.5 Å². The van der Waals surface area contributed by atoms with Crippen LogP contribution < -0.4 is 17.0 Å². The Morgan fingerprint density at radius 3 is 2.38 bits per heavy atom. The van der Waals surface area contributed by atoms with Gasteiger partial charge in [0.15, 0.2) is 5.82 Å². The molecule has 2 rings (SSSR count). The molecule has 0 aliphatic rings. The maximum Gasteiger partial charge on any atom is 0.250 e. The molecule has 0 unspecified atom stereocenters. The molecule has 7 heteroatoms. The van der Waals surface area contributed by atoms with E-state index in [4.69, 9.17) is 11.5 Å². The lowest BCUT2D eigenvalue weighted by Crippen LogP contribution is -2.14. The van der Waals surface area contributed by atoms with Crippen LogP contribution in [0.3, 0.4) is 0 Å². The molecule has 82 valence electrons. The summed E-state index contributed by atoms with van der Waals surface area (Å²) in [5, 5.41) is 0. The van der Waals surface area contributed by atoms with Crippen LogP contribution in [0.15, 0.2) is 23.1 Å². The summed E-state index contributed by atoms with van der Waals surface area (Å²) in [6.45, 7) is 0. The number of aromatic nitrogens is 4. The summed E-state index contributed by atoms with van der Waals surface area (Å²) >= 11 is 0. The molecule has 0 fully saturated rings. The first-order valence-corrected chi connectivity index (χ1v) is 4.50. The first kappa shape index (κ1) is 10.1. The average molecular weight is 218 g/mol. The van der Waals surface area contributed by atoms with Gasteiger partial charge in [0.05, 0.1) is 0 Å². The molecular formula is C9H10N6O. The van der Waals surface area contributed by atoms with Crippen LogP contribution in [0.5, 0.6) is 0 Å². The molecule has 0 amide bonds. The van der Waals surface area contributed by atoms with Gasteiger partial charge < -0.3 is 16.0 Å². The number of hydrogen-bond donors (Lipinski definition) is 2. The Morgan fingerprint density at radius 1 is 1.19 bits per heavy atom. The number of rotatable bonds is 1. The summed E-state index contributed by atoms with van der Waals surface area (Å²) in [7, 11) is 1.66. The van der Waals surface area contributed by atoms with E-state index in [1.807, 2.05) is 0 Å². The maximum atomic E-state index is 11.4. The second-order valence-corrected chi connectivity index (χ2v) is 3.24. The van der Waals surface area contributed by atoms with Crippen LogP contribution in [0.4, 0.5) is 11.9 Å². The van der Waals surface area contributed by atoms with E-state index in [2.05, 4.69) is 15.0 Å². The van der Waals surface area contributed by atoms with Crippen molar-refractivity contribution in [1.29, 1.82) is 0 Å². The van der Waals surface area contributed by atoms with Gasteiger partial charge in [-0.3, -0.25) is 4.79 Å². The molecule has 2 heterocycles. The van der Waals surface area contributed by atoms with Crippen molar-refractivity contribution < 1.29 is 0 Å². The molecule has 16 heavy (non-hydrogen) atoms. The highest BCUT2D eigenvalue weighted by atomic mass is 16.1. The number of anilines is 2. The van der Waals surface area contributed by atoms with Crippen molar-refractivity contribution in [3.8, 4) is 11.4 Å². The largest absolute Gasteiger partial charge is 0.368 e. The molecule has 0 spiro atoms. The van der Waals surface area contributed by atoms with Crippen molar-refractivity contribution in [3.63, 3.8) is 0 Å². The number of aryl methyl sites for hydroxylation is 1. The predicted molar refractivity (Wildman–Crippen MR) is 59.3 cm³/mol. The Kier molecular flexibility index (Phi) is 2.28. The zero-order valence-electron chi connectivity index (χ0n) is 8.58. The summed E-state index contributed by atoms with van der Waals surface area (Å²) in [5.74, 6) is 0.356. The molecule has 0 aromatic carbocycles. The lowest BCUT2D eigenvalue weighted by atomic mass is 10.2. The third-order valence-electron chi connectivity index (χ3n) is 2.03. The molecule has 7 nitrogen and oxygen atoms in total. The number of nitrogen functional groups attached to an aromatic ring is 2. The standard InChI is InChI=1S/C9H10N6O/c1-15-3-2-5(4-6(15)16)7-12-8(10)14-9(11)13-7/h2-4H,1H3,(H4,10,11,12,13,14). The number of hydrogen-bond acceptors (Lipinski definition) is 6. The summed E-state index contributed by atoms with van der Waals surface area (Å²) in [4.78, 5) is 22.9. The fourth-order valence-corrected chi connectivity index (χ4v) is 1.23. The van der Waals surface area contributed by atoms with E-state index in [0.717, 1.165) is 0 Å². The SMILES string of the molecule is Cn1ccc(-c2nc(N)nc(N)n2)cc1=O. The molecule has 0 bridgehead atoms. The number of nitrogens with two attached hydrogens (primary N) is 2. The van der Waals surface area contributed by atoms with E-state index in [1.165, 1.54) is 10.6 Å². The van der Waals surface area contributed by atoms with E-state index >= 15 is 0 Å². The van der Waals surface area contributed by atoms with E-state index in [1.54, 1.807) is 19.3 Å². The lowest BCUT2D eigenvalue weighted by molar-refractivity contribution is 0.860. The van der Waals surface area contributed by atoms with Crippen molar-refractivity contribution in [2.24, 2.45) is 7.05 Å². The molecule has 0 saturated carbocycles. The molecule has 2 aromatic heterocycles. The van der Waals surface area contributed by atoms with Crippen LogP contribution in [-0.2, 0) is 7.05 Å². The summed E-state index contributed by atoms with van der Waals surface area (Å²) in [6, 6.07) is 3.11. The van der Waals surface area contributed by atoms with Crippen molar-refractivity contribution in [3.05, 3.63) is 28.7 Å². The molecule has 0 aliphatic carbocycles. The molecule has 0 atom stereocenters. The summed E-state index contributed by atoms with van der Waals surface area (Å²) < 4.78 is 1.44. The first-order chi connectivity index (χ1) is 7.56. The zero-order chi connectivity index (χ0) is 11.7. The van der Waals surface area contributed by atoms with Crippen LogP contribution in [0.1, 0.15) is 0 Å². The lowest BCUT2D eigenvalue weighted by Gasteiger charge is -2.02. The first-order valence-electron chi connectivity index (χ1n) is 4.50. The number of nitrogens with zero attached hydrogens (tertiary/aromatic N) is 4. The van der Waals surface area contributed by atoms with E-state index in [9.17, 15) is 4.79 Å². The summed E-state index contributed by atoms with van der Waals surface area (Å²) in [6.07, 6.45) is 1.62. The predicted octanol–water partition coefficient (Wildman–Crippen LogP) is -0.598. The van der Waals surface area contributed by atoms with Gasteiger partial charge in [0.2, 0.25) is 11.9 Å². The highest BCUT2D eigenvalue weighted by molar-refractivity contribution is 5.56. The second kappa shape index (κ2) is 3.61. The molecule has 0 radical (unpaired) electrons. The van der Waals surface area contributed by atoms with Gasteiger partial charge in [0, 0.05) is 24.9 Å². The highest BCUT2D eigenvalue weighted by Gasteiger charge is 2.05. The van der Waals surface area contributed by atoms with Crippen molar-refractivity contribution >= 4 is 11.9 Å². The van der Waals surface area contributed by atoms with E-state index in [-0.39, 0.29) is 17.5 Å². The van der Waals surface area contributed by atoms with E-state index in [0.29, 0.717) is 11.4 Å².